The Kier molecular flexibility index (Phi) is 2.61. The van der Waals surface area contributed by atoms with Gasteiger partial charge in [-0.2, -0.15) is 0 Å². The Hall–Kier alpha value is -1.19. The summed E-state index contributed by atoms with van der Waals surface area (Å²) in [6.07, 6.45) is 0.711. The van der Waals surface area contributed by atoms with Crippen LogP contribution in [0.15, 0.2) is 30.3 Å². The molecule has 14 heavy (non-hydrogen) atoms. The molecular weight excluding hydrogens is 218 g/mol. The van der Waals surface area contributed by atoms with Crippen molar-refractivity contribution in [2.45, 2.75) is 0 Å². The number of nitrogens with zero attached hydrogens (tertiary/aromatic N) is 1. The average molecular weight is 224 g/mol. The van der Waals surface area contributed by atoms with E-state index in [9.17, 15) is 4.79 Å². The van der Waals surface area contributed by atoms with E-state index in [2.05, 4.69) is 4.98 Å². The summed E-state index contributed by atoms with van der Waals surface area (Å²) in [4.78, 5) is 14.6. The molecular formula is C10H6ClNOS. The quantitative estimate of drug-likeness (QED) is 0.732. The van der Waals surface area contributed by atoms with E-state index in [1.807, 2.05) is 30.3 Å². The predicted molar refractivity (Wildman–Crippen MR) is 57.9 cm³/mol. The van der Waals surface area contributed by atoms with Gasteiger partial charge in [0.1, 0.15) is 10.0 Å². The molecule has 0 aliphatic rings. The van der Waals surface area contributed by atoms with Gasteiger partial charge in [0.05, 0.1) is 0 Å². The number of carbonyl (C=O) groups excluding carboxylic acids is 1. The van der Waals surface area contributed by atoms with Crippen molar-refractivity contribution in [3.8, 4) is 11.3 Å². The lowest BCUT2D eigenvalue weighted by Gasteiger charge is -1.94. The highest BCUT2D eigenvalue weighted by Gasteiger charge is 2.09. The first kappa shape index (κ1) is 9.37. The van der Waals surface area contributed by atoms with Crippen molar-refractivity contribution in [1.82, 2.24) is 4.98 Å². The number of halogens is 1. The van der Waals surface area contributed by atoms with Gasteiger partial charge in [0.2, 0.25) is 0 Å². The van der Waals surface area contributed by atoms with Crippen LogP contribution in [-0.2, 0) is 0 Å². The number of hydrogen-bond acceptors (Lipinski definition) is 3. The second kappa shape index (κ2) is 3.90. The Morgan fingerprint density at radius 1 is 1.29 bits per heavy atom. The first-order valence-electron chi connectivity index (χ1n) is 3.98. The lowest BCUT2D eigenvalue weighted by molar-refractivity contribution is 0.112. The van der Waals surface area contributed by atoms with Crippen molar-refractivity contribution in [2.75, 3.05) is 0 Å². The monoisotopic (exact) mass is 223 g/mol. The zero-order valence-electron chi connectivity index (χ0n) is 7.11. The number of carbonyl (C=O) groups is 1. The van der Waals surface area contributed by atoms with Crippen LogP contribution in [0.1, 0.15) is 9.80 Å². The Morgan fingerprint density at radius 2 is 2.00 bits per heavy atom. The average Bonchev–Trinajstić information content (AvgIpc) is 2.61. The molecule has 0 aliphatic heterocycles. The summed E-state index contributed by atoms with van der Waals surface area (Å²) in [5.74, 6) is 0. The van der Waals surface area contributed by atoms with E-state index in [0.717, 1.165) is 5.56 Å². The van der Waals surface area contributed by atoms with Gasteiger partial charge in [-0.25, -0.2) is 4.98 Å². The minimum Gasteiger partial charge on any atom is -0.295 e. The van der Waals surface area contributed by atoms with Crippen LogP contribution in [0.3, 0.4) is 0 Å². The lowest BCUT2D eigenvalue weighted by atomic mass is 10.2. The van der Waals surface area contributed by atoms with Gasteiger partial charge in [-0.05, 0) is 0 Å². The summed E-state index contributed by atoms with van der Waals surface area (Å²) in [5.41, 5.74) is 1.61. The molecule has 4 heteroatoms. The summed E-state index contributed by atoms with van der Waals surface area (Å²) in [7, 11) is 0. The van der Waals surface area contributed by atoms with Crippen LogP contribution < -0.4 is 0 Å². The van der Waals surface area contributed by atoms with Crippen molar-refractivity contribution in [3.63, 3.8) is 0 Å². The zero-order valence-corrected chi connectivity index (χ0v) is 8.68. The fourth-order valence-corrected chi connectivity index (χ4v) is 2.16. The first-order valence-corrected chi connectivity index (χ1v) is 5.17. The smallest absolute Gasteiger partial charge is 0.178 e. The molecule has 0 saturated heterocycles. The standard InChI is InChI=1S/C10H6ClNOS/c11-10-9(12-8(6-13)14-10)7-4-2-1-3-5-7/h1-6H. The summed E-state index contributed by atoms with van der Waals surface area (Å²) in [6, 6.07) is 9.56. The molecule has 2 nitrogen and oxygen atoms in total. The summed E-state index contributed by atoms with van der Waals surface area (Å²) >= 11 is 7.15. The molecule has 0 unspecified atom stereocenters. The van der Waals surface area contributed by atoms with Crippen LogP contribution in [0.2, 0.25) is 4.34 Å². The summed E-state index contributed by atoms with van der Waals surface area (Å²) in [6.45, 7) is 0. The van der Waals surface area contributed by atoms with Crippen LogP contribution in [0.4, 0.5) is 0 Å². The summed E-state index contributed by atoms with van der Waals surface area (Å²) < 4.78 is 0.554. The molecule has 0 atom stereocenters. The molecule has 1 aromatic carbocycles. The van der Waals surface area contributed by atoms with E-state index in [4.69, 9.17) is 11.6 Å². The maximum Gasteiger partial charge on any atom is 0.178 e. The van der Waals surface area contributed by atoms with E-state index in [1.165, 1.54) is 11.3 Å². The lowest BCUT2D eigenvalue weighted by Crippen LogP contribution is -1.79. The molecule has 2 rings (SSSR count). The second-order valence-electron chi connectivity index (χ2n) is 2.66. The van der Waals surface area contributed by atoms with Gasteiger partial charge in [-0.1, -0.05) is 53.3 Å². The molecule has 0 spiro atoms. The van der Waals surface area contributed by atoms with Crippen LogP contribution >= 0.6 is 22.9 Å². The molecule has 0 saturated carbocycles. The minimum absolute atomic E-state index is 0.411. The van der Waals surface area contributed by atoms with Crippen LogP contribution in [0.5, 0.6) is 0 Å². The molecule has 1 aromatic heterocycles. The number of benzene rings is 1. The molecule has 70 valence electrons. The van der Waals surface area contributed by atoms with Crippen molar-refractivity contribution in [2.24, 2.45) is 0 Å². The Balaban J connectivity index is 2.51. The van der Waals surface area contributed by atoms with Gasteiger partial charge in [0.15, 0.2) is 11.3 Å². The highest BCUT2D eigenvalue weighted by molar-refractivity contribution is 7.17. The first-order chi connectivity index (χ1) is 6.81. The SMILES string of the molecule is O=Cc1nc(-c2ccccc2)c(Cl)s1. The van der Waals surface area contributed by atoms with Crippen molar-refractivity contribution in [1.29, 1.82) is 0 Å². The van der Waals surface area contributed by atoms with Gasteiger partial charge < -0.3 is 0 Å². The molecule has 1 heterocycles. The number of aldehydes is 1. The molecule has 0 amide bonds. The molecule has 0 N–H and O–H groups in total. The maximum atomic E-state index is 10.5. The van der Waals surface area contributed by atoms with E-state index in [-0.39, 0.29) is 0 Å². The van der Waals surface area contributed by atoms with E-state index < -0.39 is 0 Å². The second-order valence-corrected chi connectivity index (χ2v) is 4.29. The number of hydrogen-bond donors (Lipinski definition) is 0. The zero-order chi connectivity index (χ0) is 9.97. The van der Waals surface area contributed by atoms with Gasteiger partial charge in [0.25, 0.3) is 0 Å². The van der Waals surface area contributed by atoms with Crippen LogP contribution in [0.25, 0.3) is 11.3 Å². The topological polar surface area (TPSA) is 30.0 Å². The molecule has 0 aliphatic carbocycles. The van der Waals surface area contributed by atoms with Gasteiger partial charge >= 0.3 is 0 Å². The van der Waals surface area contributed by atoms with Gasteiger partial charge in [-0.15, -0.1) is 0 Å². The van der Waals surface area contributed by atoms with Gasteiger partial charge in [0, 0.05) is 5.56 Å². The molecule has 2 aromatic rings. The molecule has 0 bridgehead atoms. The highest BCUT2D eigenvalue weighted by Crippen LogP contribution is 2.31. The fourth-order valence-electron chi connectivity index (χ4n) is 1.14. The number of rotatable bonds is 2. The van der Waals surface area contributed by atoms with E-state index in [1.54, 1.807) is 0 Å². The van der Waals surface area contributed by atoms with Crippen LogP contribution in [0, 0.1) is 0 Å². The third-order valence-corrected chi connectivity index (χ3v) is 2.93. The summed E-state index contributed by atoms with van der Waals surface area (Å²) in [5, 5.41) is 0.411. The largest absolute Gasteiger partial charge is 0.295 e. The number of aromatic nitrogens is 1. The third kappa shape index (κ3) is 1.69. The van der Waals surface area contributed by atoms with Crippen molar-refractivity contribution in [3.05, 3.63) is 39.7 Å². The van der Waals surface area contributed by atoms with Gasteiger partial charge in [-0.3, -0.25) is 4.79 Å². The minimum atomic E-state index is 0.411. The maximum absolute atomic E-state index is 10.5. The van der Waals surface area contributed by atoms with Crippen molar-refractivity contribution < 1.29 is 4.79 Å². The molecule has 0 radical (unpaired) electrons. The van der Waals surface area contributed by atoms with Crippen LogP contribution in [-0.4, -0.2) is 11.3 Å². The normalized spacial score (nSPS) is 10.1. The Labute approximate surface area is 90.2 Å². The van der Waals surface area contributed by atoms with Crippen molar-refractivity contribution >= 4 is 29.2 Å². The molecule has 0 fully saturated rings. The Bertz CT molecular complexity index is 452. The highest BCUT2D eigenvalue weighted by atomic mass is 35.5. The van der Waals surface area contributed by atoms with E-state index >= 15 is 0 Å². The van der Waals surface area contributed by atoms with E-state index in [0.29, 0.717) is 21.3 Å². The third-order valence-electron chi connectivity index (χ3n) is 1.75. The number of thiazole rings is 1. The predicted octanol–water partition coefficient (Wildman–Crippen LogP) is 3.28. The Morgan fingerprint density at radius 3 is 2.57 bits per heavy atom. The fraction of sp³-hybridized carbons (Fsp3) is 0.